The van der Waals surface area contributed by atoms with E-state index in [1.54, 1.807) is 0 Å². The van der Waals surface area contributed by atoms with Crippen LogP contribution >= 0.6 is 11.6 Å². The Morgan fingerprint density at radius 1 is 1.08 bits per heavy atom. The van der Waals surface area contributed by atoms with Crippen molar-refractivity contribution in [1.29, 1.82) is 0 Å². The van der Waals surface area contributed by atoms with Crippen molar-refractivity contribution in [3.63, 3.8) is 0 Å². The molecule has 2 N–H and O–H groups in total. The van der Waals surface area contributed by atoms with Crippen molar-refractivity contribution in [3.05, 3.63) is 47.8 Å². The van der Waals surface area contributed by atoms with Crippen molar-refractivity contribution in [2.24, 2.45) is 0 Å². The summed E-state index contributed by atoms with van der Waals surface area (Å²) in [6.07, 6.45) is 4.16. The molecule has 1 aromatic carbocycles. The molecule has 0 saturated carbocycles. The highest BCUT2D eigenvalue weighted by atomic mass is 35.5. The summed E-state index contributed by atoms with van der Waals surface area (Å²) >= 11 is 5.60. The summed E-state index contributed by atoms with van der Waals surface area (Å²) in [7, 11) is 0. The van der Waals surface area contributed by atoms with Gasteiger partial charge in [0.25, 0.3) is 5.91 Å². The lowest BCUT2D eigenvalue weighted by molar-refractivity contribution is -0.113. The second-order valence-corrected chi connectivity index (χ2v) is 6.13. The molecule has 1 aromatic heterocycles. The number of rotatable bonds is 4. The number of nitrogens with one attached hydrogen (secondary N) is 2. The normalized spacial score (nSPS) is 13.7. The number of para-hydroxylation sites is 1. The van der Waals surface area contributed by atoms with Gasteiger partial charge in [0.2, 0.25) is 5.91 Å². The highest BCUT2D eigenvalue weighted by molar-refractivity contribution is 6.29. The van der Waals surface area contributed by atoms with E-state index in [2.05, 4.69) is 10.6 Å². The number of aromatic nitrogens is 1. The van der Waals surface area contributed by atoms with E-state index in [-0.39, 0.29) is 17.7 Å². The number of anilines is 2. The number of benzene rings is 1. The lowest BCUT2D eigenvalue weighted by atomic mass is 10.2. The van der Waals surface area contributed by atoms with Gasteiger partial charge in [0.05, 0.1) is 5.69 Å². The fourth-order valence-electron chi connectivity index (χ4n) is 3.05. The first-order chi connectivity index (χ1) is 11.7. The summed E-state index contributed by atoms with van der Waals surface area (Å²) < 4.78 is 2.02. The Morgan fingerprint density at radius 2 is 1.88 bits per heavy atom. The van der Waals surface area contributed by atoms with Crippen LogP contribution in [0.25, 0.3) is 0 Å². The summed E-state index contributed by atoms with van der Waals surface area (Å²) in [5, 5.41) is 5.65. The van der Waals surface area contributed by atoms with Crippen LogP contribution in [0.4, 0.5) is 11.4 Å². The van der Waals surface area contributed by atoms with E-state index in [0.29, 0.717) is 11.4 Å². The van der Waals surface area contributed by atoms with Crippen LogP contribution in [0.5, 0.6) is 0 Å². The first kappa shape index (κ1) is 16.6. The van der Waals surface area contributed by atoms with Crippen LogP contribution in [-0.2, 0) is 17.8 Å². The number of halogens is 1. The molecule has 0 atom stereocenters. The topological polar surface area (TPSA) is 63.1 Å². The minimum Gasteiger partial charge on any atom is -0.339 e. The van der Waals surface area contributed by atoms with E-state index >= 15 is 0 Å². The zero-order valence-corrected chi connectivity index (χ0v) is 14.1. The number of carbonyl (C=O) groups is 2. The predicted molar refractivity (Wildman–Crippen MR) is 95.7 cm³/mol. The van der Waals surface area contributed by atoms with Crippen molar-refractivity contribution < 1.29 is 9.59 Å². The molecule has 2 amide bonds. The molecule has 6 heteroatoms. The van der Waals surface area contributed by atoms with Crippen LogP contribution in [-0.4, -0.2) is 22.3 Å². The fourth-order valence-corrected chi connectivity index (χ4v) is 3.12. The van der Waals surface area contributed by atoms with Crippen LogP contribution in [0, 0.1) is 0 Å². The van der Waals surface area contributed by atoms with Gasteiger partial charge in [0.15, 0.2) is 0 Å². The standard InChI is InChI=1S/C18H20ClN3O2/c19-12-16(23)21-15-11-14-9-5-2-6-10-22(14)17(15)18(24)20-13-7-3-1-4-8-13/h1,3-4,7-8,11H,2,5-6,9-10,12H2,(H,20,24)(H,21,23). The van der Waals surface area contributed by atoms with E-state index in [1.807, 2.05) is 41.0 Å². The molecule has 1 aliphatic heterocycles. The predicted octanol–water partition coefficient (Wildman–Crippen LogP) is 3.64. The Labute approximate surface area is 146 Å². The van der Waals surface area contributed by atoms with Crippen molar-refractivity contribution in [1.82, 2.24) is 4.57 Å². The summed E-state index contributed by atoms with van der Waals surface area (Å²) in [6, 6.07) is 11.2. The minimum atomic E-state index is -0.314. The number of aryl methyl sites for hydroxylation is 1. The van der Waals surface area contributed by atoms with E-state index in [1.165, 1.54) is 0 Å². The monoisotopic (exact) mass is 345 g/mol. The largest absolute Gasteiger partial charge is 0.339 e. The minimum absolute atomic E-state index is 0.139. The molecule has 0 aliphatic carbocycles. The van der Waals surface area contributed by atoms with Gasteiger partial charge >= 0.3 is 0 Å². The molecule has 0 fully saturated rings. The second kappa shape index (κ2) is 7.53. The maximum Gasteiger partial charge on any atom is 0.274 e. The zero-order chi connectivity index (χ0) is 16.9. The molecule has 0 radical (unpaired) electrons. The van der Waals surface area contributed by atoms with Crippen molar-refractivity contribution in [3.8, 4) is 0 Å². The highest BCUT2D eigenvalue weighted by Gasteiger charge is 2.23. The molecule has 24 heavy (non-hydrogen) atoms. The van der Waals surface area contributed by atoms with Gasteiger partial charge in [0, 0.05) is 17.9 Å². The molecule has 3 rings (SSSR count). The van der Waals surface area contributed by atoms with E-state index in [9.17, 15) is 9.59 Å². The number of nitrogens with zero attached hydrogens (tertiary/aromatic N) is 1. The smallest absolute Gasteiger partial charge is 0.274 e. The lowest BCUT2D eigenvalue weighted by Crippen LogP contribution is -2.21. The van der Waals surface area contributed by atoms with Gasteiger partial charge in [-0.25, -0.2) is 0 Å². The van der Waals surface area contributed by atoms with Crippen LogP contribution in [0.2, 0.25) is 0 Å². The van der Waals surface area contributed by atoms with Crippen LogP contribution in [0.3, 0.4) is 0 Å². The summed E-state index contributed by atoms with van der Waals surface area (Å²) in [5.74, 6) is -0.675. The molecule has 0 unspecified atom stereocenters. The number of carbonyl (C=O) groups excluding carboxylic acids is 2. The molecule has 2 heterocycles. The van der Waals surface area contributed by atoms with Crippen molar-refractivity contribution in [2.75, 3.05) is 16.5 Å². The molecule has 1 aliphatic rings. The third-order valence-corrected chi connectivity index (χ3v) is 4.38. The lowest BCUT2D eigenvalue weighted by Gasteiger charge is -2.12. The van der Waals surface area contributed by atoms with Crippen LogP contribution < -0.4 is 10.6 Å². The van der Waals surface area contributed by atoms with Gasteiger partial charge in [-0.3, -0.25) is 9.59 Å². The third kappa shape index (κ3) is 3.62. The van der Waals surface area contributed by atoms with E-state index in [0.717, 1.165) is 43.6 Å². The number of amides is 2. The van der Waals surface area contributed by atoms with Crippen molar-refractivity contribution >= 4 is 34.8 Å². The summed E-state index contributed by atoms with van der Waals surface area (Å²) in [4.78, 5) is 24.5. The Balaban J connectivity index is 1.95. The summed E-state index contributed by atoms with van der Waals surface area (Å²) in [5.41, 5.74) is 2.83. The van der Waals surface area contributed by atoms with Gasteiger partial charge in [-0.05, 0) is 37.5 Å². The van der Waals surface area contributed by atoms with Crippen LogP contribution in [0.15, 0.2) is 36.4 Å². The molecule has 0 saturated heterocycles. The quantitative estimate of drug-likeness (QED) is 0.831. The van der Waals surface area contributed by atoms with E-state index in [4.69, 9.17) is 11.6 Å². The SMILES string of the molecule is O=C(CCl)Nc1cc2n(c1C(=O)Nc1ccccc1)CCCCC2. The molecule has 0 spiro atoms. The first-order valence-corrected chi connectivity index (χ1v) is 8.67. The molecule has 0 bridgehead atoms. The number of alkyl halides is 1. The highest BCUT2D eigenvalue weighted by Crippen LogP contribution is 2.27. The fraction of sp³-hybridized carbons (Fsp3) is 0.333. The van der Waals surface area contributed by atoms with Gasteiger partial charge in [-0.2, -0.15) is 0 Å². The molecule has 5 nitrogen and oxygen atoms in total. The Morgan fingerprint density at radius 3 is 2.62 bits per heavy atom. The van der Waals surface area contributed by atoms with Gasteiger partial charge in [-0.1, -0.05) is 24.6 Å². The van der Waals surface area contributed by atoms with Crippen molar-refractivity contribution in [2.45, 2.75) is 32.2 Å². The maximum atomic E-state index is 12.8. The number of hydrogen-bond acceptors (Lipinski definition) is 2. The Bertz CT molecular complexity index is 740. The van der Waals surface area contributed by atoms with Crippen LogP contribution in [0.1, 0.15) is 35.4 Å². The maximum absolute atomic E-state index is 12.8. The third-order valence-electron chi connectivity index (χ3n) is 4.14. The molecule has 126 valence electrons. The first-order valence-electron chi connectivity index (χ1n) is 8.13. The average Bonchev–Trinajstić information content (AvgIpc) is 2.76. The Kier molecular flexibility index (Phi) is 5.20. The Hall–Kier alpha value is -2.27. The second-order valence-electron chi connectivity index (χ2n) is 5.86. The van der Waals surface area contributed by atoms with Gasteiger partial charge < -0.3 is 15.2 Å². The zero-order valence-electron chi connectivity index (χ0n) is 13.3. The van der Waals surface area contributed by atoms with Gasteiger partial charge in [0.1, 0.15) is 11.6 Å². The summed E-state index contributed by atoms with van der Waals surface area (Å²) in [6.45, 7) is 0.781. The molecular formula is C18H20ClN3O2. The van der Waals surface area contributed by atoms with E-state index < -0.39 is 0 Å². The number of fused-ring (bicyclic) bond motifs is 1. The molecule has 2 aromatic rings. The average molecular weight is 346 g/mol. The number of hydrogen-bond donors (Lipinski definition) is 2. The molecular weight excluding hydrogens is 326 g/mol. The van der Waals surface area contributed by atoms with Gasteiger partial charge in [-0.15, -0.1) is 11.6 Å².